The Balaban J connectivity index is 2.33. The lowest BCUT2D eigenvalue weighted by Gasteiger charge is -1.93. The summed E-state index contributed by atoms with van der Waals surface area (Å²) in [6.45, 7) is 0.598. The van der Waals surface area contributed by atoms with Gasteiger partial charge in [0, 0.05) is 38.5 Å². The molecule has 0 saturated carbocycles. The fourth-order valence-electron chi connectivity index (χ4n) is 1.52. The van der Waals surface area contributed by atoms with Crippen molar-refractivity contribution in [3.05, 3.63) is 24.3 Å². The third kappa shape index (κ3) is 1.92. The van der Waals surface area contributed by atoms with Crippen molar-refractivity contribution >= 4 is 0 Å². The van der Waals surface area contributed by atoms with Crippen LogP contribution in [0.25, 0.3) is 11.4 Å². The second-order valence-electron chi connectivity index (χ2n) is 3.58. The van der Waals surface area contributed by atoms with Crippen LogP contribution in [-0.4, -0.2) is 25.9 Å². The zero-order valence-electron chi connectivity index (χ0n) is 9.01. The lowest BCUT2D eigenvalue weighted by Crippen LogP contribution is -2.08. The van der Waals surface area contributed by atoms with Gasteiger partial charge in [-0.3, -0.25) is 4.68 Å². The van der Waals surface area contributed by atoms with Crippen molar-refractivity contribution in [1.29, 1.82) is 0 Å². The molecule has 0 aromatic carbocycles. The Bertz CT molecular complexity index is 454. The molecule has 5 nitrogen and oxygen atoms in total. The number of nitrogens with zero attached hydrogens (tertiary/aromatic N) is 4. The second kappa shape index (κ2) is 3.86. The van der Waals surface area contributed by atoms with Gasteiger partial charge in [0.1, 0.15) is 5.82 Å². The third-order valence-electron chi connectivity index (χ3n) is 2.31. The molecule has 0 aliphatic rings. The van der Waals surface area contributed by atoms with E-state index in [9.17, 15) is 0 Å². The lowest BCUT2D eigenvalue weighted by atomic mass is 10.3. The number of aromatic nitrogens is 4. The fraction of sp³-hybridized carbons (Fsp3) is 0.400. The molecule has 2 rings (SSSR count). The fourth-order valence-corrected chi connectivity index (χ4v) is 1.52. The summed E-state index contributed by atoms with van der Waals surface area (Å²) in [6.07, 6.45) is 4.74. The molecule has 0 radical (unpaired) electrons. The van der Waals surface area contributed by atoms with Gasteiger partial charge in [-0.15, -0.1) is 0 Å². The van der Waals surface area contributed by atoms with Crippen LogP contribution in [0.5, 0.6) is 0 Å². The van der Waals surface area contributed by atoms with Gasteiger partial charge in [-0.25, -0.2) is 4.98 Å². The largest absolute Gasteiger partial charge is 0.357 e. The van der Waals surface area contributed by atoms with Crippen molar-refractivity contribution in [2.45, 2.75) is 6.42 Å². The van der Waals surface area contributed by atoms with Gasteiger partial charge >= 0.3 is 0 Å². The minimum absolute atomic E-state index is 0.598. The van der Waals surface area contributed by atoms with Crippen molar-refractivity contribution in [3.63, 3.8) is 0 Å². The molecule has 2 N–H and O–H groups in total. The van der Waals surface area contributed by atoms with E-state index >= 15 is 0 Å². The Hall–Kier alpha value is -1.62. The van der Waals surface area contributed by atoms with E-state index in [1.165, 1.54) is 0 Å². The van der Waals surface area contributed by atoms with E-state index in [1.807, 2.05) is 37.1 Å². The summed E-state index contributed by atoms with van der Waals surface area (Å²) >= 11 is 0. The summed E-state index contributed by atoms with van der Waals surface area (Å²) in [5.74, 6) is 1.69. The van der Waals surface area contributed by atoms with E-state index in [2.05, 4.69) is 10.1 Å². The minimum atomic E-state index is 0.598. The Morgan fingerprint density at radius 2 is 2.20 bits per heavy atom. The van der Waals surface area contributed by atoms with Crippen LogP contribution in [0.1, 0.15) is 5.82 Å². The zero-order chi connectivity index (χ0) is 10.8. The minimum Gasteiger partial charge on any atom is -0.357 e. The molecule has 2 aromatic heterocycles. The molecule has 0 atom stereocenters. The number of nitrogens with two attached hydrogens (primary N) is 1. The summed E-state index contributed by atoms with van der Waals surface area (Å²) in [7, 11) is 3.87. The van der Waals surface area contributed by atoms with E-state index in [0.29, 0.717) is 6.54 Å². The van der Waals surface area contributed by atoms with Gasteiger partial charge in [0.05, 0.1) is 0 Å². The second-order valence-corrected chi connectivity index (χ2v) is 3.58. The molecule has 0 aliphatic carbocycles. The molecule has 0 unspecified atom stereocenters. The Morgan fingerprint density at radius 1 is 1.40 bits per heavy atom. The predicted octanol–water partition coefficient (Wildman–Crippen LogP) is 0.322. The number of hydrogen-bond donors (Lipinski definition) is 1. The van der Waals surface area contributed by atoms with E-state index < -0.39 is 0 Å². The molecule has 15 heavy (non-hydrogen) atoms. The Labute approximate surface area is 88.5 Å². The molecule has 0 fully saturated rings. The maximum absolute atomic E-state index is 5.50. The quantitative estimate of drug-likeness (QED) is 0.785. The normalized spacial score (nSPS) is 10.9. The van der Waals surface area contributed by atoms with Crippen LogP contribution in [0.3, 0.4) is 0 Å². The summed E-state index contributed by atoms with van der Waals surface area (Å²) in [6, 6.07) is 2.00. The smallest absolute Gasteiger partial charge is 0.182 e. The van der Waals surface area contributed by atoms with Gasteiger partial charge in [0.2, 0.25) is 0 Å². The molecule has 80 valence electrons. The molecule has 0 amide bonds. The first-order chi connectivity index (χ1) is 7.20. The highest BCUT2D eigenvalue weighted by Gasteiger charge is 2.08. The standard InChI is InChI=1S/C10H15N5/c1-14-6-4-8(7-14)10-12-9(3-5-11)15(2)13-10/h4,6-7H,3,5,11H2,1-2H3. The summed E-state index contributed by atoms with van der Waals surface area (Å²) in [5.41, 5.74) is 6.53. The molecule has 5 heteroatoms. The van der Waals surface area contributed by atoms with Crippen LogP contribution >= 0.6 is 0 Å². The van der Waals surface area contributed by atoms with Gasteiger partial charge < -0.3 is 10.3 Å². The third-order valence-corrected chi connectivity index (χ3v) is 2.31. The monoisotopic (exact) mass is 205 g/mol. The first-order valence-electron chi connectivity index (χ1n) is 4.93. The maximum atomic E-state index is 5.50. The summed E-state index contributed by atoms with van der Waals surface area (Å²) in [4.78, 5) is 4.44. The van der Waals surface area contributed by atoms with Crippen molar-refractivity contribution in [2.75, 3.05) is 6.54 Å². The van der Waals surface area contributed by atoms with Gasteiger partial charge in [0.25, 0.3) is 0 Å². The highest BCUT2D eigenvalue weighted by Crippen LogP contribution is 2.15. The highest BCUT2D eigenvalue weighted by molar-refractivity contribution is 5.53. The molecule has 2 heterocycles. The number of rotatable bonds is 3. The van der Waals surface area contributed by atoms with Gasteiger partial charge in [-0.2, -0.15) is 5.10 Å². The SMILES string of the molecule is Cn1ccc(-c2nc(CCN)n(C)n2)c1. The summed E-state index contributed by atoms with van der Waals surface area (Å²) < 4.78 is 3.77. The molecular weight excluding hydrogens is 190 g/mol. The molecule has 0 bridgehead atoms. The van der Waals surface area contributed by atoms with E-state index in [1.54, 1.807) is 4.68 Å². The predicted molar refractivity (Wildman–Crippen MR) is 58.2 cm³/mol. The molecule has 0 spiro atoms. The number of hydrogen-bond acceptors (Lipinski definition) is 3. The highest BCUT2D eigenvalue weighted by atomic mass is 15.3. The Kier molecular flexibility index (Phi) is 2.55. The average molecular weight is 205 g/mol. The van der Waals surface area contributed by atoms with Crippen LogP contribution in [0.15, 0.2) is 18.5 Å². The van der Waals surface area contributed by atoms with Crippen LogP contribution in [0.4, 0.5) is 0 Å². The van der Waals surface area contributed by atoms with Crippen LogP contribution in [-0.2, 0) is 20.5 Å². The van der Waals surface area contributed by atoms with Crippen molar-refractivity contribution in [2.24, 2.45) is 19.8 Å². The van der Waals surface area contributed by atoms with Gasteiger partial charge in [-0.05, 0) is 12.6 Å². The van der Waals surface area contributed by atoms with Gasteiger partial charge in [0.15, 0.2) is 5.82 Å². The van der Waals surface area contributed by atoms with Crippen molar-refractivity contribution in [1.82, 2.24) is 19.3 Å². The summed E-state index contributed by atoms with van der Waals surface area (Å²) in [5, 5.41) is 4.35. The topological polar surface area (TPSA) is 61.7 Å². The molecule has 2 aromatic rings. The van der Waals surface area contributed by atoms with E-state index in [4.69, 9.17) is 5.73 Å². The zero-order valence-corrected chi connectivity index (χ0v) is 9.01. The van der Waals surface area contributed by atoms with E-state index in [-0.39, 0.29) is 0 Å². The van der Waals surface area contributed by atoms with Crippen LogP contribution in [0, 0.1) is 0 Å². The van der Waals surface area contributed by atoms with Crippen LogP contribution < -0.4 is 5.73 Å². The molecule has 0 aliphatic heterocycles. The van der Waals surface area contributed by atoms with Gasteiger partial charge in [-0.1, -0.05) is 0 Å². The van der Waals surface area contributed by atoms with Crippen molar-refractivity contribution in [3.8, 4) is 11.4 Å². The first kappa shape index (κ1) is 9.92. The Morgan fingerprint density at radius 3 is 2.80 bits per heavy atom. The maximum Gasteiger partial charge on any atom is 0.182 e. The molecule has 0 saturated heterocycles. The van der Waals surface area contributed by atoms with Crippen molar-refractivity contribution < 1.29 is 0 Å². The number of aryl methyl sites for hydroxylation is 2. The van der Waals surface area contributed by atoms with Crippen LogP contribution in [0.2, 0.25) is 0 Å². The lowest BCUT2D eigenvalue weighted by molar-refractivity contribution is 0.697. The van der Waals surface area contributed by atoms with E-state index in [0.717, 1.165) is 23.6 Å². The molecular formula is C10H15N5. The average Bonchev–Trinajstić information content (AvgIpc) is 2.75. The first-order valence-corrected chi connectivity index (χ1v) is 4.93.